The van der Waals surface area contributed by atoms with Gasteiger partial charge in [0.2, 0.25) is 0 Å². The Bertz CT molecular complexity index is 771. The molecule has 2 atom stereocenters. The lowest BCUT2D eigenvalue weighted by molar-refractivity contribution is 0.103. The van der Waals surface area contributed by atoms with Crippen molar-refractivity contribution in [2.45, 2.75) is 37.4 Å². The maximum Gasteiger partial charge on any atom is 0.195 e. The van der Waals surface area contributed by atoms with Gasteiger partial charge >= 0.3 is 0 Å². The number of halogens is 6. The summed E-state index contributed by atoms with van der Waals surface area (Å²) in [5.74, 6) is -0.167. The average Bonchev–Trinajstić information content (AvgIpc) is 2.61. The van der Waals surface area contributed by atoms with E-state index in [4.69, 9.17) is 46.4 Å². The molecule has 1 nitrogen and oxygen atoms in total. The van der Waals surface area contributed by atoms with Gasteiger partial charge in [-0.2, -0.15) is 0 Å². The fourth-order valence-electron chi connectivity index (χ4n) is 2.62. The number of hydrogen-bond acceptors (Lipinski definition) is 1. The molecule has 2 unspecified atom stereocenters. The highest BCUT2D eigenvalue weighted by molar-refractivity contribution is 9.11. The van der Waals surface area contributed by atoms with Crippen molar-refractivity contribution >= 4 is 84.0 Å². The van der Waals surface area contributed by atoms with Crippen LogP contribution in [0.25, 0.3) is 0 Å². The van der Waals surface area contributed by atoms with E-state index < -0.39 is 0 Å². The second-order valence-electron chi connectivity index (χ2n) is 5.73. The molecule has 2 aromatic carbocycles. The standard InChI is InChI=1S/C19H16Br2Cl4O/c1-3-11(22)15-13(24)7-5-9(17(15)20)19(26)10-6-8-14(25)16(18(10)21)12(23)4-2/h5-8,11-12H,3-4H2,1-2H3. The summed E-state index contributed by atoms with van der Waals surface area (Å²) >= 11 is 32.4. The van der Waals surface area contributed by atoms with Gasteiger partial charge in [-0.3, -0.25) is 4.79 Å². The Morgan fingerprint density at radius 2 is 1.19 bits per heavy atom. The Hall–Kier alpha value is 0.230. The number of carbonyl (C=O) groups is 1. The summed E-state index contributed by atoms with van der Waals surface area (Å²) < 4.78 is 1.22. The van der Waals surface area contributed by atoms with Crippen LogP contribution in [0.15, 0.2) is 33.2 Å². The van der Waals surface area contributed by atoms with Crippen molar-refractivity contribution in [3.05, 3.63) is 65.5 Å². The molecular formula is C19H16Br2Cl4O. The Balaban J connectivity index is 2.61. The summed E-state index contributed by atoms with van der Waals surface area (Å²) in [6.45, 7) is 3.92. The number of ketones is 1. The maximum absolute atomic E-state index is 13.2. The van der Waals surface area contributed by atoms with Gasteiger partial charge in [-0.1, -0.05) is 37.0 Å². The van der Waals surface area contributed by atoms with Gasteiger partial charge in [0.05, 0.1) is 10.8 Å². The van der Waals surface area contributed by atoms with Crippen molar-refractivity contribution in [3.8, 4) is 0 Å². The van der Waals surface area contributed by atoms with E-state index in [1.807, 2.05) is 13.8 Å². The van der Waals surface area contributed by atoms with Crippen molar-refractivity contribution < 1.29 is 4.79 Å². The highest BCUT2D eigenvalue weighted by atomic mass is 79.9. The summed E-state index contributed by atoms with van der Waals surface area (Å²) in [7, 11) is 0. The molecular weight excluding hydrogens is 546 g/mol. The monoisotopic (exact) mass is 558 g/mol. The molecule has 0 spiro atoms. The first-order valence-electron chi connectivity index (χ1n) is 8.03. The quantitative estimate of drug-likeness (QED) is 0.254. The van der Waals surface area contributed by atoms with E-state index in [2.05, 4.69) is 31.9 Å². The van der Waals surface area contributed by atoms with Crippen LogP contribution in [0.3, 0.4) is 0 Å². The molecule has 2 aromatic rings. The van der Waals surface area contributed by atoms with Gasteiger partial charge in [-0.05, 0) is 69.0 Å². The van der Waals surface area contributed by atoms with Crippen LogP contribution in [0.1, 0.15) is 64.5 Å². The molecule has 0 saturated heterocycles. The molecule has 26 heavy (non-hydrogen) atoms. The van der Waals surface area contributed by atoms with E-state index in [0.29, 0.717) is 43.0 Å². The normalized spacial score (nSPS) is 13.5. The van der Waals surface area contributed by atoms with Crippen molar-refractivity contribution in [3.63, 3.8) is 0 Å². The van der Waals surface area contributed by atoms with Crippen LogP contribution >= 0.6 is 78.3 Å². The predicted octanol–water partition coefficient (Wildman–Crippen LogP) is 9.13. The second-order valence-corrected chi connectivity index (χ2v) is 9.18. The molecule has 0 saturated carbocycles. The summed E-state index contributed by atoms with van der Waals surface area (Å²) in [5, 5.41) is 0.471. The summed E-state index contributed by atoms with van der Waals surface area (Å²) in [6.07, 6.45) is 1.38. The first kappa shape index (κ1) is 22.5. The summed E-state index contributed by atoms with van der Waals surface area (Å²) in [6, 6.07) is 6.77. The Labute approximate surface area is 190 Å². The lowest BCUT2D eigenvalue weighted by Gasteiger charge is -2.17. The van der Waals surface area contributed by atoms with E-state index in [9.17, 15) is 4.79 Å². The second kappa shape index (κ2) is 9.62. The van der Waals surface area contributed by atoms with Crippen molar-refractivity contribution in [2.24, 2.45) is 0 Å². The minimum Gasteiger partial charge on any atom is -0.289 e. The summed E-state index contributed by atoms with van der Waals surface area (Å²) in [5.41, 5.74) is 2.41. The number of alkyl halides is 2. The fourth-order valence-corrected chi connectivity index (χ4v) is 5.86. The van der Waals surface area contributed by atoms with Crippen LogP contribution in [0.5, 0.6) is 0 Å². The zero-order chi connectivity index (χ0) is 19.6. The third-order valence-corrected chi connectivity index (χ3v) is 7.51. The zero-order valence-corrected chi connectivity index (χ0v) is 20.3. The first-order valence-corrected chi connectivity index (χ1v) is 11.2. The molecule has 0 heterocycles. The van der Waals surface area contributed by atoms with Crippen LogP contribution < -0.4 is 0 Å². The SMILES string of the molecule is CCC(Cl)c1c(Cl)ccc(C(=O)c2ccc(Cl)c(C(Cl)CC)c2Br)c1Br. The van der Waals surface area contributed by atoms with Crippen LogP contribution in [0.2, 0.25) is 10.0 Å². The minimum absolute atomic E-state index is 0.167. The Morgan fingerprint density at radius 1 is 0.846 bits per heavy atom. The molecule has 0 aliphatic heterocycles. The van der Waals surface area contributed by atoms with Crippen LogP contribution in [0.4, 0.5) is 0 Å². The molecule has 0 N–H and O–H groups in total. The molecule has 0 bridgehead atoms. The van der Waals surface area contributed by atoms with Gasteiger partial charge in [-0.15, -0.1) is 23.2 Å². The number of rotatable bonds is 6. The topological polar surface area (TPSA) is 17.1 Å². The number of benzene rings is 2. The minimum atomic E-state index is -0.291. The largest absolute Gasteiger partial charge is 0.289 e. The van der Waals surface area contributed by atoms with Crippen molar-refractivity contribution in [2.75, 3.05) is 0 Å². The molecule has 0 radical (unpaired) electrons. The molecule has 0 aliphatic carbocycles. The lowest BCUT2D eigenvalue weighted by atomic mass is 9.97. The van der Waals surface area contributed by atoms with E-state index >= 15 is 0 Å². The Morgan fingerprint density at radius 3 is 1.50 bits per heavy atom. The predicted molar refractivity (Wildman–Crippen MR) is 120 cm³/mol. The van der Waals surface area contributed by atoms with E-state index in [-0.39, 0.29) is 16.5 Å². The zero-order valence-electron chi connectivity index (χ0n) is 14.1. The van der Waals surface area contributed by atoms with Gasteiger partial charge in [0.25, 0.3) is 0 Å². The van der Waals surface area contributed by atoms with E-state index in [1.165, 1.54) is 0 Å². The lowest BCUT2D eigenvalue weighted by Crippen LogP contribution is -2.08. The van der Waals surface area contributed by atoms with Crippen LogP contribution in [-0.2, 0) is 0 Å². The van der Waals surface area contributed by atoms with Crippen molar-refractivity contribution in [1.82, 2.24) is 0 Å². The van der Waals surface area contributed by atoms with Crippen molar-refractivity contribution in [1.29, 1.82) is 0 Å². The molecule has 0 aliphatic rings. The average molecular weight is 562 g/mol. The maximum atomic E-state index is 13.2. The van der Waals surface area contributed by atoms with Gasteiger partial charge in [-0.25, -0.2) is 0 Å². The molecule has 2 rings (SSSR count). The van der Waals surface area contributed by atoms with Gasteiger partial charge < -0.3 is 0 Å². The molecule has 0 aromatic heterocycles. The Kier molecular flexibility index (Phi) is 8.34. The molecule has 0 fully saturated rings. The van der Waals surface area contributed by atoms with Gasteiger partial charge in [0, 0.05) is 41.2 Å². The number of carbonyl (C=O) groups excluding carboxylic acids is 1. The first-order chi connectivity index (χ1) is 12.2. The van der Waals surface area contributed by atoms with Crippen LogP contribution in [0, 0.1) is 0 Å². The van der Waals surface area contributed by atoms with Crippen LogP contribution in [-0.4, -0.2) is 5.78 Å². The third-order valence-electron chi connectivity index (χ3n) is 4.09. The van der Waals surface area contributed by atoms with E-state index in [1.54, 1.807) is 24.3 Å². The molecule has 140 valence electrons. The van der Waals surface area contributed by atoms with Gasteiger partial charge in [0.15, 0.2) is 5.78 Å². The molecule has 7 heteroatoms. The fraction of sp³-hybridized carbons (Fsp3) is 0.316. The number of hydrogen-bond donors (Lipinski definition) is 0. The highest BCUT2D eigenvalue weighted by Gasteiger charge is 2.25. The smallest absolute Gasteiger partial charge is 0.195 e. The van der Waals surface area contributed by atoms with Gasteiger partial charge in [0.1, 0.15) is 0 Å². The molecule has 0 amide bonds. The third kappa shape index (κ3) is 4.45. The highest BCUT2D eigenvalue weighted by Crippen LogP contribution is 2.41. The van der Waals surface area contributed by atoms with E-state index in [0.717, 1.165) is 11.1 Å². The summed E-state index contributed by atoms with van der Waals surface area (Å²) in [4.78, 5) is 13.2.